The molecule has 0 aliphatic carbocycles. The monoisotopic (exact) mass is 332 g/mol. The predicted molar refractivity (Wildman–Crippen MR) is 95.5 cm³/mol. The Labute approximate surface area is 144 Å². The third kappa shape index (κ3) is 4.17. The van der Waals surface area contributed by atoms with Crippen LogP contribution in [0.4, 0.5) is 16.3 Å². The molecule has 0 saturated carbocycles. The maximum absolute atomic E-state index is 12.7. The smallest absolute Gasteiger partial charge is 0.322 e. The zero-order valence-electron chi connectivity index (χ0n) is 14.5. The van der Waals surface area contributed by atoms with E-state index in [0.717, 1.165) is 44.0 Å². The van der Waals surface area contributed by atoms with E-state index in [-0.39, 0.29) is 12.1 Å². The molecule has 1 N–H and O–H groups in total. The van der Waals surface area contributed by atoms with Gasteiger partial charge in [0.15, 0.2) is 5.82 Å². The van der Waals surface area contributed by atoms with E-state index in [1.807, 2.05) is 24.0 Å². The summed E-state index contributed by atoms with van der Waals surface area (Å²) in [4.78, 5) is 21.3. The summed E-state index contributed by atoms with van der Waals surface area (Å²) in [5.74, 6) is 0.893. The Morgan fingerprint density at radius 2 is 2.12 bits per heavy atom. The van der Waals surface area contributed by atoms with Gasteiger partial charge >= 0.3 is 6.03 Å². The molecule has 6 heteroatoms. The average molecular weight is 332 g/mol. The molecule has 132 valence electrons. The minimum absolute atomic E-state index is 0.0503. The van der Waals surface area contributed by atoms with Gasteiger partial charge in [-0.1, -0.05) is 0 Å². The number of piperidine rings is 2. The van der Waals surface area contributed by atoms with Crippen LogP contribution in [0.5, 0.6) is 0 Å². The minimum Gasteiger partial charge on any atom is -0.377 e. The van der Waals surface area contributed by atoms with Crippen LogP contribution in [0.3, 0.4) is 0 Å². The predicted octanol–water partition coefficient (Wildman–Crippen LogP) is 3.10. The van der Waals surface area contributed by atoms with Crippen molar-refractivity contribution in [1.82, 2.24) is 9.88 Å². The summed E-state index contributed by atoms with van der Waals surface area (Å²) in [7, 11) is 0. The maximum Gasteiger partial charge on any atom is 0.322 e. The standard InChI is InChI=1S/C18H28N4O2/c1-2-24-15-8-7-13-22(14-15)18(23)20-16-9-6-10-19-17(16)21-11-4-3-5-12-21/h6,9-10,15H,2-5,7-8,11-14H2,1H3,(H,20,23)/t15-/m0/s1. The highest BCUT2D eigenvalue weighted by Gasteiger charge is 2.25. The minimum atomic E-state index is -0.0503. The summed E-state index contributed by atoms with van der Waals surface area (Å²) in [5, 5.41) is 3.07. The van der Waals surface area contributed by atoms with Crippen LogP contribution in [-0.4, -0.2) is 54.8 Å². The molecule has 0 radical (unpaired) electrons. The SMILES string of the molecule is CCO[C@H]1CCCN(C(=O)Nc2cccnc2N2CCCCC2)C1. The van der Waals surface area contributed by atoms with Crippen LogP contribution in [0.1, 0.15) is 39.0 Å². The third-order valence-electron chi connectivity index (χ3n) is 4.75. The number of nitrogens with zero attached hydrogens (tertiary/aromatic N) is 3. The summed E-state index contributed by atoms with van der Waals surface area (Å²) in [6.45, 7) is 6.17. The molecular formula is C18H28N4O2. The normalized spacial score (nSPS) is 21.6. The Morgan fingerprint density at radius 3 is 2.92 bits per heavy atom. The van der Waals surface area contributed by atoms with Crippen LogP contribution in [0, 0.1) is 0 Å². The number of carbonyl (C=O) groups excluding carboxylic acids is 1. The number of amides is 2. The second kappa shape index (κ2) is 8.33. The topological polar surface area (TPSA) is 57.7 Å². The maximum atomic E-state index is 12.7. The number of hydrogen-bond donors (Lipinski definition) is 1. The number of anilines is 2. The molecule has 3 heterocycles. The van der Waals surface area contributed by atoms with Crippen molar-refractivity contribution in [3.8, 4) is 0 Å². The first-order chi connectivity index (χ1) is 11.8. The van der Waals surface area contributed by atoms with Crippen molar-refractivity contribution in [1.29, 1.82) is 0 Å². The zero-order chi connectivity index (χ0) is 16.8. The van der Waals surface area contributed by atoms with Gasteiger partial charge in [-0.25, -0.2) is 9.78 Å². The summed E-state index contributed by atoms with van der Waals surface area (Å²) in [5.41, 5.74) is 0.808. The Morgan fingerprint density at radius 1 is 1.29 bits per heavy atom. The molecule has 2 fully saturated rings. The average Bonchev–Trinajstić information content (AvgIpc) is 2.63. The van der Waals surface area contributed by atoms with Gasteiger partial charge in [0.2, 0.25) is 0 Å². The molecule has 2 saturated heterocycles. The van der Waals surface area contributed by atoms with Gasteiger partial charge < -0.3 is 19.9 Å². The van der Waals surface area contributed by atoms with E-state index >= 15 is 0 Å². The molecule has 0 aromatic carbocycles. The first-order valence-electron chi connectivity index (χ1n) is 9.15. The molecule has 0 spiro atoms. The lowest BCUT2D eigenvalue weighted by Crippen LogP contribution is -2.45. The fraction of sp³-hybridized carbons (Fsp3) is 0.667. The number of hydrogen-bond acceptors (Lipinski definition) is 4. The Bertz CT molecular complexity index is 544. The molecule has 24 heavy (non-hydrogen) atoms. The lowest BCUT2D eigenvalue weighted by atomic mass is 10.1. The van der Waals surface area contributed by atoms with Gasteiger partial charge in [0.25, 0.3) is 0 Å². The lowest BCUT2D eigenvalue weighted by molar-refractivity contribution is 0.0181. The van der Waals surface area contributed by atoms with Crippen molar-refractivity contribution in [2.24, 2.45) is 0 Å². The van der Waals surface area contributed by atoms with Crippen LogP contribution in [0.25, 0.3) is 0 Å². The van der Waals surface area contributed by atoms with Gasteiger partial charge in [0.1, 0.15) is 0 Å². The highest BCUT2D eigenvalue weighted by atomic mass is 16.5. The second-order valence-electron chi connectivity index (χ2n) is 6.52. The summed E-state index contributed by atoms with van der Waals surface area (Å²) < 4.78 is 5.69. The molecule has 6 nitrogen and oxygen atoms in total. The number of pyridine rings is 1. The van der Waals surface area contributed by atoms with Crippen molar-refractivity contribution in [2.75, 3.05) is 43.0 Å². The van der Waals surface area contributed by atoms with Gasteiger partial charge in [-0.15, -0.1) is 0 Å². The highest BCUT2D eigenvalue weighted by molar-refractivity contribution is 5.92. The van der Waals surface area contributed by atoms with Gasteiger partial charge in [0.05, 0.1) is 11.8 Å². The molecular weight excluding hydrogens is 304 g/mol. The number of aromatic nitrogens is 1. The molecule has 2 aliphatic heterocycles. The molecule has 2 aliphatic rings. The van der Waals surface area contributed by atoms with Gasteiger partial charge in [-0.3, -0.25) is 0 Å². The van der Waals surface area contributed by atoms with Crippen molar-refractivity contribution < 1.29 is 9.53 Å². The first-order valence-corrected chi connectivity index (χ1v) is 9.15. The number of urea groups is 1. The fourth-order valence-electron chi connectivity index (χ4n) is 3.54. The largest absolute Gasteiger partial charge is 0.377 e. The van der Waals surface area contributed by atoms with Crippen LogP contribution >= 0.6 is 0 Å². The number of nitrogens with one attached hydrogen (secondary N) is 1. The third-order valence-corrected chi connectivity index (χ3v) is 4.75. The molecule has 1 aromatic heterocycles. The number of likely N-dealkylation sites (tertiary alicyclic amines) is 1. The highest BCUT2D eigenvalue weighted by Crippen LogP contribution is 2.26. The van der Waals surface area contributed by atoms with E-state index in [9.17, 15) is 4.79 Å². The van der Waals surface area contributed by atoms with Crippen molar-refractivity contribution in [3.63, 3.8) is 0 Å². The fourth-order valence-corrected chi connectivity index (χ4v) is 3.54. The lowest BCUT2D eigenvalue weighted by Gasteiger charge is -2.33. The van der Waals surface area contributed by atoms with Crippen molar-refractivity contribution in [2.45, 2.75) is 45.1 Å². The van der Waals surface area contributed by atoms with Crippen LogP contribution in [-0.2, 0) is 4.74 Å². The quantitative estimate of drug-likeness (QED) is 0.920. The Hall–Kier alpha value is -1.82. The van der Waals surface area contributed by atoms with Crippen molar-refractivity contribution >= 4 is 17.5 Å². The number of carbonyl (C=O) groups is 1. The van der Waals surface area contributed by atoms with E-state index in [1.54, 1.807) is 6.20 Å². The molecule has 2 amide bonds. The van der Waals surface area contributed by atoms with E-state index in [0.29, 0.717) is 13.2 Å². The second-order valence-corrected chi connectivity index (χ2v) is 6.52. The van der Waals surface area contributed by atoms with E-state index in [1.165, 1.54) is 19.3 Å². The van der Waals surface area contributed by atoms with Crippen molar-refractivity contribution in [3.05, 3.63) is 18.3 Å². The van der Waals surface area contributed by atoms with Crippen LogP contribution < -0.4 is 10.2 Å². The zero-order valence-corrected chi connectivity index (χ0v) is 14.5. The van der Waals surface area contributed by atoms with Gasteiger partial charge in [-0.05, 0) is 51.2 Å². The molecule has 1 atom stereocenters. The molecule has 3 rings (SSSR count). The summed E-state index contributed by atoms with van der Waals surface area (Å²) in [6, 6.07) is 3.77. The van der Waals surface area contributed by atoms with E-state index in [2.05, 4.69) is 15.2 Å². The summed E-state index contributed by atoms with van der Waals surface area (Å²) in [6.07, 6.45) is 7.62. The van der Waals surface area contributed by atoms with E-state index in [4.69, 9.17) is 4.74 Å². The van der Waals surface area contributed by atoms with E-state index < -0.39 is 0 Å². The summed E-state index contributed by atoms with van der Waals surface area (Å²) >= 11 is 0. The van der Waals surface area contributed by atoms with Crippen LogP contribution in [0.2, 0.25) is 0 Å². The number of ether oxygens (including phenoxy) is 1. The molecule has 0 unspecified atom stereocenters. The molecule has 0 bridgehead atoms. The Balaban J connectivity index is 1.65. The molecule has 1 aromatic rings. The van der Waals surface area contributed by atoms with Crippen LogP contribution in [0.15, 0.2) is 18.3 Å². The first kappa shape index (κ1) is 17.0. The van der Waals surface area contributed by atoms with Gasteiger partial charge in [0, 0.05) is 39.0 Å². The number of rotatable bonds is 4. The van der Waals surface area contributed by atoms with Gasteiger partial charge in [-0.2, -0.15) is 0 Å². The Kier molecular flexibility index (Phi) is 5.91.